The molecule has 3 aromatic heterocycles. The van der Waals surface area contributed by atoms with Crippen LogP contribution in [0.25, 0.3) is 17.0 Å². The second-order valence-corrected chi connectivity index (χ2v) is 5.79. The summed E-state index contributed by atoms with van der Waals surface area (Å²) in [6.45, 7) is 0.307. The summed E-state index contributed by atoms with van der Waals surface area (Å²) in [5.74, 6) is 0.460. The minimum atomic E-state index is -0.311. The molecule has 1 amide bonds. The molecule has 0 saturated carbocycles. The Bertz CT molecular complexity index is 1050. The molecule has 0 aliphatic rings. The van der Waals surface area contributed by atoms with Crippen LogP contribution in [0.2, 0.25) is 5.02 Å². The standard InChI is InChI=1S/C18H13ClN4O2/c19-14-5-2-1-4-13(14)15-6-7-16(25-15)18(24)21-10-12-11-22-23-9-3-8-20-17(12)23/h1-9,11H,10H2,(H,21,24). The monoisotopic (exact) mass is 352 g/mol. The fourth-order valence-electron chi connectivity index (χ4n) is 2.53. The molecule has 4 aromatic rings. The van der Waals surface area contributed by atoms with E-state index in [2.05, 4.69) is 15.4 Å². The van der Waals surface area contributed by atoms with Crippen LogP contribution >= 0.6 is 11.6 Å². The summed E-state index contributed by atoms with van der Waals surface area (Å²) in [6.07, 6.45) is 5.17. The number of hydrogen-bond donors (Lipinski definition) is 1. The van der Waals surface area contributed by atoms with Gasteiger partial charge in [-0.2, -0.15) is 5.10 Å². The van der Waals surface area contributed by atoms with E-state index in [1.807, 2.05) is 18.2 Å². The van der Waals surface area contributed by atoms with Crippen molar-refractivity contribution < 1.29 is 9.21 Å². The molecule has 1 aromatic carbocycles. The van der Waals surface area contributed by atoms with E-state index in [9.17, 15) is 4.79 Å². The smallest absolute Gasteiger partial charge is 0.287 e. The first-order chi connectivity index (χ1) is 12.2. The number of aromatic nitrogens is 3. The van der Waals surface area contributed by atoms with Gasteiger partial charge in [-0.15, -0.1) is 0 Å². The molecule has 124 valence electrons. The van der Waals surface area contributed by atoms with Crippen molar-refractivity contribution in [3.8, 4) is 11.3 Å². The number of hydrogen-bond acceptors (Lipinski definition) is 4. The van der Waals surface area contributed by atoms with Crippen LogP contribution < -0.4 is 5.32 Å². The first kappa shape index (κ1) is 15.4. The quantitative estimate of drug-likeness (QED) is 0.609. The van der Waals surface area contributed by atoms with Crippen LogP contribution in [0, 0.1) is 0 Å². The van der Waals surface area contributed by atoms with Crippen molar-refractivity contribution in [3.05, 3.63) is 77.4 Å². The van der Waals surface area contributed by atoms with E-state index in [-0.39, 0.29) is 11.7 Å². The Balaban J connectivity index is 1.50. The van der Waals surface area contributed by atoms with Crippen molar-refractivity contribution in [1.82, 2.24) is 19.9 Å². The van der Waals surface area contributed by atoms with Crippen molar-refractivity contribution in [3.63, 3.8) is 0 Å². The second-order valence-electron chi connectivity index (χ2n) is 5.38. The van der Waals surface area contributed by atoms with Gasteiger partial charge < -0.3 is 9.73 Å². The highest BCUT2D eigenvalue weighted by molar-refractivity contribution is 6.33. The van der Waals surface area contributed by atoms with E-state index in [1.165, 1.54) is 0 Å². The molecule has 0 saturated heterocycles. The molecule has 6 nitrogen and oxygen atoms in total. The maximum Gasteiger partial charge on any atom is 0.287 e. The predicted molar refractivity (Wildman–Crippen MR) is 93.3 cm³/mol. The fourth-order valence-corrected chi connectivity index (χ4v) is 2.76. The van der Waals surface area contributed by atoms with E-state index in [1.54, 1.807) is 47.4 Å². The SMILES string of the molecule is O=C(NCc1cnn2cccnc12)c1ccc(-c2ccccc2Cl)o1. The molecule has 0 atom stereocenters. The van der Waals surface area contributed by atoms with E-state index in [4.69, 9.17) is 16.0 Å². The lowest BCUT2D eigenvalue weighted by Crippen LogP contribution is -2.22. The highest BCUT2D eigenvalue weighted by Crippen LogP contribution is 2.29. The summed E-state index contributed by atoms with van der Waals surface area (Å²) in [4.78, 5) is 16.6. The summed E-state index contributed by atoms with van der Waals surface area (Å²) in [6, 6.07) is 12.5. The van der Waals surface area contributed by atoms with Gasteiger partial charge in [-0.3, -0.25) is 4.79 Å². The molecule has 0 fully saturated rings. The number of halogens is 1. The number of amides is 1. The minimum absolute atomic E-state index is 0.222. The van der Waals surface area contributed by atoms with Crippen LogP contribution in [0.1, 0.15) is 16.1 Å². The van der Waals surface area contributed by atoms with Gasteiger partial charge in [0.1, 0.15) is 5.76 Å². The molecule has 0 unspecified atom stereocenters. The molecular formula is C18H13ClN4O2. The molecule has 3 heterocycles. The first-order valence-electron chi connectivity index (χ1n) is 7.62. The lowest BCUT2D eigenvalue weighted by Gasteiger charge is -2.02. The Hall–Kier alpha value is -3.12. The average Bonchev–Trinajstić information content (AvgIpc) is 3.27. The Morgan fingerprint density at radius 1 is 1.20 bits per heavy atom. The summed E-state index contributed by atoms with van der Waals surface area (Å²) in [5.41, 5.74) is 2.28. The van der Waals surface area contributed by atoms with E-state index >= 15 is 0 Å². The normalized spacial score (nSPS) is 10.9. The summed E-state index contributed by atoms with van der Waals surface area (Å²) in [7, 11) is 0. The number of nitrogens with one attached hydrogen (secondary N) is 1. The maximum atomic E-state index is 12.3. The third kappa shape index (κ3) is 2.99. The van der Waals surface area contributed by atoms with Crippen LogP contribution in [0.3, 0.4) is 0 Å². The van der Waals surface area contributed by atoms with Gasteiger partial charge in [-0.05, 0) is 30.3 Å². The van der Waals surface area contributed by atoms with Gasteiger partial charge in [0.05, 0.1) is 11.2 Å². The minimum Gasteiger partial charge on any atom is -0.451 e. The van der Waals surface area contributed by atoms with Gasteiger partial charge in [0, 0.05) is 30.1 Å². The van der Waals surface area contributed by atoms with Crippen molar-refractivity contribution >= 4 is 23.2 Å². The predicted octanol–water partition coefficient (Wildman–Crippen LogP) is 3.57. The lowest BCUT2D eigenvalue weighted by molar-refractivity contribution is 0.0924. The van der Waals surface area contributed by atoms with Crippen LogP contribution in [0.4, 0.5) is 0 Å². The van der Waals surface area contributed by atoms with Gasteiger partial charge in [0.25, 0.3) is 5.91 Å². The highest BCUT2D eigenvalue weighted by atomic mass is 35.5. The molecule has 4 rings (SSSR count). The molecule has 0 aliphatic heterocycles. The van der Waals surface area contributed by atoms with Crippen LogP contribution in [-0.2, 0) is 6.54 Å². The third-order valence-electron chi connectivity index (χ3n) is 3.76. The van der Waals surface area contributed by atoms with Gasteiger partial charge in [-0.1, -0.05) is 23.7 Å². The first-order valence-corrected chi connectivity index (χ1v) is 8.00. The van der Waals surface area contributed by atoms with Crippen LogP contribution in [-0.4, -0.2) is 20.5 Å². The maximum absolute atomic E-state index is 12.3. The molecule has 25 heavy (non-hydrogen) atoms. The van der Waals surface area contributed by atoms with Gasteiger partial charge in [0.2, 0.25) is 0 Å². The van der Waals surface area contributed by atoms with Crippen molar-refractivity contribution in [1.29, 1.82) is 0 Å². The summed E-state index contributed by atoms with van der Waals surface area (Å²) >= 11 is 6.16. The number of nitrogens with zero attached hydrogens (tertiary/aromatic N) is 3. The zero-order valence-corrected chi connectivity index (χ0v) is 13.8. The number of fused-ring (bicyclic) bond motifs is 1. The highest BCUT2D eigenvalue weighted by Gasteiger charge is 2.14. The van der Waals surface area contributed by atoms with E-state index in [0.717, 1.165) is 11.1 Å². The Kier molecular flexibility index (Phi) is 3.95. The Morgan fingerprint density at radius 2 is 2.08 bits per heavy atom. The molecule has 1 N–H and O–H groups in total. The number of benzene rings is 1. The third-order valence-corrected chi connectivity index (χ3v) is 4.09. The zero-order valence-electron chi connectivity index (χ0n) is 13.0. The summed E-state index contributed by atoms with van der Waals surface area (Å²) in [5, 5.41) is 7.57. The Labute approximate surface area is 148 Å². The molecule has 0 aliphatic carbocycles. The van der Waals surface area contributed by atoms with Crippen LogP contribution in [0.5, 0.6) is 0 Å². The molecule has 7 heteroatoms. The van der Waals surface area contributed by atoms with Crippen molar-refractivity contribution in [2.45, 2.75) is 6.54 Å². The van der Waals surface area contributed by atoms with E-state index < -0.39 is 0 Å². The zero-order chi connectivity index (χ0) is 17.2. The number of carbonyl (C=O) groups is 1. The number of carbonyl (C=O) groups excluding carboxylic acids is 1. The Morgan fingerprint density at radius 3 is 2.96 bits per heavy atom. The average molecular weight is 353 g/mol. The largest absolute Gasteiger partial charge is 0.451 e. The molecular weight excluding hydrogens is 340 g/mol. The van der Waals surface area contributed by atoms with Gasteiger partial charge >= 0.3 is 0 Å². The summed E-state index contributed by atoms with van der Waals surface area (Å²) < 4.78 is 7.29. The van der Waals surface area contributed by atoms with Crippen molar-refractivity contribution in [2.75, 3.05) is 0 Å². The molecule has 0 radical (unpaired) electrons. The number of rotatable bonds is 4. The molecule has 0 spiro atoms. The lowest BCUT2D eigenvalue weighted by atomic mass is 10.2. The van der Waals surface area contributed by atoms with Crippen molar-refractivity contribution in [2.24, 2.45) is 0 Å². The topological polar surface area (TPSA) is 72.4 Å². The van der Waals surface area contributed by atoms with Gasteiger partial charge in [0.15, 0.2) is 11.4 Å². The molecule has 0 bridgehead atoms. The van der Waals surface area contributed by atoms with E-state index in [0.29, 0.717) is 23.0 Å². The number of furan rings is 1. The second kappa shape index (κ2) is 6.41. The van der Waals surface area contributed by atoms with Gasteiger partial charge in [-0.25, -0.2) is 9.50 Å². The fraction of sp³-hybridized carbons (Fsp3) is 0.0556. The van der Waals surface area contributed by atoms with Crippen LogP contribution in [0.15, 0.2) is 65.5 Å².